The number of hydrogen-bond donors (Lipinski definition) is 1. The number of ether oxygens (including phenoxy) is 2. The third-order valence-corrected chi connectivity index (χ3v) is 2.15. The van der Waals surface area contributed by atoms with Crippen molar-refractivity contribution in [2.24, 2.45) is 5.73 Å². The third kappa shape index (κ3) is 4.09. The molecule has 2 N–H and O–H groups in total. The molecule has 19 heavy (non-hydrogen) atoms. The van der Waals surface area contributed by atoms with Gasteiger partial charge in [0.25, 0.3) is 0 Å². The van der Waals surface area contributed by atoms with Gasteiger partial charge in [-0.2, -0.15) is 0 Å². The van der Waals surface area contributed by atoms with Crippen molar-refractivity contribution in [2.45, 2.75) is 26.8 Å². The highest BCUT2D eigenvalue weighted by Crippen LogP contribution is 2.26. The molecule has 0 saturated carbocycles. The van der Waals surface area contributed by atoms with Crippen LogP contribution in [0.3, 0.4) is 0 Å². The molecule has 5 nitrogen and oxygen atoms in total. The first-order chi connectivity index (χ1) is 8.78. The van der Waals surface area contributed by atoms with Crippen LogP contribution in [-0.2, 0) is 11.3 Å². The summed E-state index contributed by atoms with van der Waals surface area (Å²) in [6, 6.07) is 1.22. The van der Waals surface area contributed by atoms with Crippen LogP contribution in [0.25, 0.3) is 0 Å². The van der Waals surface area contributed by atoms with Gasteiger partial charge < -0.3 is 15.2 Å². The number of esters is 1. The van der Waals surface area contributed by atoms with E-state index in [1.807, 2.05) is 0 Å². The molecule has 0 spiro atoms. The van der Waals surface area contributed by atoms with Crippen molar-refractivity contribution < 1.29 is 27.4 Å². The maximum atomic E-state index is 12.2. The quantitative estimate of drug-likeness (QED) is 0.852. The third-order valence-electron chi connectivity index (χ3n) is 2.15. The van der Waals surface area contributed by atoms with Gasteiger partial charge in [0.15, 0.2) is 0 Å². The summed E-state index contributed by atoms with van der Waals surface area (Å²) in [5.74, 6) is -1.31. The zero-order valence-electron chi connectivity index (χ0n) is 10.4. The molecular formula is C11H13F3N2O3. The van der Waals surface area contributed by atoms with Crippen molar-refractivity contribution in [2.75, 3.05) is 6.61 Å². The van der Waals surface area contributed by atoms with Crippen molar-refractivity contribution in [3.05, 3.63) is 22.9 Å². The smallest absolute Gasteiger partial charge is 0.462 e. The SMILES string of the molecule is CCOC(=O)c1cc(C)c(OC(F)(F)F)nc1CN. The van der Waals surface area contributed by atoms with Crippen LogP contribution < -0.4 is 10.5 Å². The summed E-state index contributed by atoms with van der Waals surface area (Å²) < 4.78 is 45.0. The van der Waals surface area contributed by atoms with Crippen molar-refractivity contribution >= 4 is 5.97 Å². The number of aromatic nitrogens is 1. The van der Waals surface area contributed by atoms with Crippen LogP contribution in [0.4, 0.5) is 13.2 Å². The van der Waals surface area contributed by atoms with Gasteiger partial charge in [0, 0.05) is 12.1 Å². The molecule has 1 aromatic heterocycles. The number of carbonyl (C=O) groups is 1. The summed E-state index contributed by atoms with van der Waals surface area (Å²) in [5, 5.41) is 0. The van der Waals surface area contributed by atoms with E-state index < -0.39 is 18.2 Å². The van der Waals surface area contributed by atoms with Gasteiger partial charge in [-0.05, 0) is 19.9 Å². The van der Waals surface area contributed by atoms with Crippen LogP contribution in [0.2, 0.25) is 0 Å². The van der Waals surface area contributed by atoms with E-state index in [1.54, 1.807) is 6.92 Å². The molecule has 8 heteroatoms. The molecular weight excluding hydrogens is 265 g/mol. The van der Waals surface area contributed by atoms with Gasteiger partial charge in [-0.1, -0.05) is 0 Å². The molecule has 0 atom stereocenters. The van der Waals surface area contributed by atoms with Crippen LogP contribution in [0.5, 0.6) is 5.88 Å². The molecule has 0 unspecified atom stereocenters. The molecule has 0 saturated heterocycles. The molecule has 0 aliphatic carbocycles. The van der Waals surface area contributed by atoms with Gasteiger partial charge in [0.05, 0.1) is 17.9 Å². The number of nitrogens with zero attached hydrogens (tertiary/aromatic N) is 1. The van der Waals surface area contributed by atoms with Gasteiger partial charge in [-0.25, -0.2) is 9.78 Å². The minimum absolute atomic E-state index is 0.0108. The first-order valence-electron chi connectivity index (χ1n) is 5.42. The Bertz CT molecular complexity index is 475. The van der Waals surface area contributed by atoms with Crippen LogP contribution in [0.1, 0.15) is 28.5 Å². The monoisotopic (exact) mass is 278 g/mol. The fourth-order valence-electron chi connectivity index (χ4n) is 1.39. The Labute approximate surface area is 107 Å². The summed E-state index contributed by atoms with van der Waals surface area (Å²) in [5.41, 5.74) is 5.45. The van der Waals surface area contributed by atoms with Crippen LogP contribution in [0.15, 0.2) is 6.07 Å². The minimum atomic E-state index is -4.85. The van der Waals surface area contributed by atoms with E-state index >= 15 is 0 Å². The fraction of sp³-hybridized carbons (Fsp3) is 0.455. The van der Waals surface area contributed by atoms with E-state index in [0.717, 1.165) is 0 Å². The maximum Gasteiger partial charge on any atom is 0.574 e. The lowest BCUT2D eigenvalue weighted by Crippen LogP contribution is -2.20. The molecule has 0 radical (unpaired) electrons. The van der Waals surface area contributed by atoms with E-state index in [0.29, 0.717) is 0 Å². The average Bonchev–Trinajstić information content (AvgIpc) is 2.29. The maximum absolute atomic E-state index is 12.2. The Morgan fingerprint density at radius 2 is 2.11 bits per heavy atom. The van der Waals surface area contributed by atoms with Crippen LogP contribution in [-0.4, -0.2) is 23.9 Å². The van der Waals surface area contributed by atoms with E-state index in [9.17, 15) is 18.0 Å². The second-order valence-electron chi connectivity index (χ2n) is 3.58. The number of pyridine rings is 1. The van der Waals surface area contributed by atoms with Crippen molar-refractivity contribution in [1.82, 2.24) is 4.98 Å². The van der Waals surface area contributed by atoms with E-state index in [4.69, 9.17) is 10.5 Å². The molecule has 0 aromatic carbocycles. The number of rotatable bonds is 4. The van der Waals surface area contributed by atoms with Crippen molar-refractivity contribution in [3.8, 4) is 5.88 Å². The summed E-state index contributed by atoms with van der Waals surface area (Å²) in [4.78, 5) is 15.2. The first kappa shape index (κ1) is 15.2. The second-order valence-corrected chi connectivity index (χ2v) is 3.58. The number of nitrogens with two attached hydrogens (primary N) is 1. The summed E-state index contributed by atoms with van der Waals surface area (Å²) in [6.07, 6.45) is -4.85. The minimum Gasteiger partial charge on any atom is -0.462 e. The summed E-state index contributed by atoms with van der Waals surface area (Å²) in [6.45, 7) is 2.89. The largest absolute Gasteiger partial charge is 0.574 e. The van der Waals surface area contributed by atoms with Crippen LogP contribution in [0, 0.1) is 6.92 Å². The standard InChI is InChI=1S/C11H13F3N2O3/c1-3-18-10(17)7-4-6(2)9(16-8(7)5-15)19-11(12,13)14/h4H,3,5,15H2,1-2H3. The highest BCUT2D eigenvalue weighted by molar-refractivity contribution is 5.91. The first-order valence-corrected chi connectivity index (χ1v) is 5.42. The Morgan fingerprint density at radius 3 is 2.58 bits per heavy atom. The molecule has 0 amide bonds. The predicted octanol–water partition coefficient (Wildman–Crippen LogP) is 1.92. The lowest BCUT2D eigenvalue weighted by atomic mass is 10.1. The zero-order valence-corrected chi connectivity index (χ0v) is 10.4. The fourth-order valence-corrected chi connectivity index (χ4v) is 1.39. The van der Waals surface area contributed by atoms with E-state index in [1.165, 1.54) is 13.0 Å². The van der Waals surface area contributed by atoms with Gasteiger partial charge in [-0.15, -0.1) is 13.2 Å². The number of alkyl halides is 3. The zero-order chi connectivity index (χ0) is 14.6. The second kappa shape index (κ2) is 5.87. The lowest BCUT2D eigenvalue weighted by molar-refractivity contribution is -0.276. The Morgan fingerprint density at radius 1 is 1.47 bits per heavy atom. The molecule has 0 fully saturated rings. The van der Waals surface area contributed by atoms with Crippen molar-refractivity contribution in [1.29, 1.82) is 0 Å². The van der Waals surface area contributed by atoms with Gasteiger partial charge >= 0.3 is 12.3 Å². The molecule has 0 aliphatic heterocycles. The summed E-state index contributed by atoms with van der Waals surface area (Å²) >= 11 is 0. The number of halogens is 3. The number of aryl methyl sites for hydroxylation is 1. The molecule has 0 bridgehead atoms. The Hall–Kier alpha value is -1.83. The number of hydrogen-bond acceptors (Lipinski definition) is 5. The lowest BCUT2D eigenvalue weighted by Gasteiger charge is -2.13. The topological polar surface area (TPSA) is 74.4 Å². The van der Waals surface area contributed by atoms with Gasteiger partial charge in [0.1, 0.15) is 0 Å². The number of carbonyl (C=O) groups excluding carboxylic acids is 1. The van der Waals surface area contributed by atoms with E-state index in [2.05, 4.69) is 9.72 Å². The summed E-state index contributed by atoms with van der Waals surface area (Å²) in [7, 11) is 0. The van der Waals surface area contributed by atoms with Gasteiger partial charge in [-0.3, -0.25) is 0 Å². The molecule has 0 aliphatic rings. The average molecular weight is 278 g/mol. The highest BCUT2D eigenvalue weighted by Gasteiger charge is 2.33. The Kier molecular flexibility index (Phi) is 4.71. The normalized spacial score (nSPS) is 11.3. The van der Waals surface area contributed by atoms with Crippen LogP contribution >= 0.6 is 0 Å². The Balaban J connectivity index is 3.17. The van der Waals surface area contributed by atoms with Crippen molar-refractivity contribution in [3.63, 3.8) is 0 Å². The van der Waals surface area contributed by atoms with E-state index in [-0.39, 0.29) is 30.0 Å². The highest BCUT2D eigenvalue weighted by atomic mass is 19.4. The van der Waals surface area contributed by atoms with Gasteiger partial charge in [0.2, 0.25) is 5.88 Å². The molecule has 1 rings (SSSR count). The predicted molar refractivity (Wildman–Crippen MR) is 59.5 cm³/mol. The molecule has 1 heterocycles. The molecule has 1 aromatic rings. The molecule has 106 valence electrons.